The summed E-state index contributed by atoms with van der Waals surface area (Å²) >= 11 is 0. The van der Waals surface area contributed by atoms with Crippen LogP contribution in [0.1, 0.15) is 47.2 Å². The number of hydroxylamine groups is 1. The first-order valence-corrected chi connectivity index (χ1v) is 8.38. The summed E-state index contributed by atoms with van der Waals surface area (Å²) in [6.45, 7) is 2.59. The van der Waals surface area contributed by atoms with E-state index in [2.05, 4.69) is 10.2 Å². The summed E-state index contributed by atoms with van der Waals surface area (Å²) in [7, 11) is 0. The van der Waals surface area contributed by atoms with Crippen molar-refractivity contribution < 1.29 is 14.4 Å². The van der Waals surface area contributed by atoms with Crippen LogP contribution in [-0.2, 0) is 13.0 Å². The highest BCUT2D eigenvalue weighted by atomic mass is 19.1. The number of carbonyl (C=O) groups excluding carboxylic acids is 1. The van der Waals surface area contributed by atoms with Crippen molar-refractivity contribution in [3.63, 3.8) is 0 Å². The molecule has 0 bridgehead atoms. The lowest BCUT2D eigenvalue weighted by molar-refractivity contribution is 0.0142. The Morgan fingerprint density at radius 2 is 2.30 bits per heavy atom. The minimum atomic E-state index is -0.665. The first-order chi connectivity index (χ1) is 11.1. The van der Waals surface area contributed by atoms with Crippen molar-refractivity contribution in [2.24, 2.45) is 0 Å². The van der Waals surface area contributed by atoms with Gasteiger partial charge < -0.3 is 5.32 Å². The Balaban J connectivity index is 1.57. The quantitative estimate of drug-likeness (QED) is 0.572. The van der Waals surface area contributed by atoms with Crippen LogP contribution in [-0.4, -0.2) is 40.7 Å². The highest BCUT2D eigenvalue weighted by Gasteiger charge is 2.51. The molecule has 1 spiro atoms. The topological polar surface area (TPSA) is 64.6 Å². The molecule has 2 atom stereocenters. The minimum absolute atomic E-state index is 0.176. The van der Waals surface area contributed by atoms with E-state index in [4.69, 9.17) is 5.21 Å². The van der Waals surface area contributed by atoms with Gasteiger partial charge in [0, 0.05) is 35.8 Å². The molecule has 1 amide bonds. The van der Waals surface area contributed by atoms with Gasteiger partial charge >= 0.3 is 0 Å². The number of rotatable bonds is 2. The number of nitrogens with zero attached hydrogens (tertiary/aromatic N) is 1. The molecule has 4 rings (SSSR count). The number of hydrogen-bond donors (Lipinski definition) is 3. The van der Waals surface area contributed by atoms with E-state index in [-0.39, 0.29) is 16.9 Å². The lowest BCUT2D eigenvalue weighted by Crippen LogP contribution is -2.65. The Morgan fingerprint density at radius 1 is 1.43 bits per heavy atom. The molecule has 1 aromatic rings. The van der Waals surface area contributed by atoms with E-state index in [1.807, 2.05) is 0 Å². The molecule has 1 aliphatic carbocycles. The number of hydrogen-bond acceptors (Lipinski definition) is 4. The third-order valence-electron chi connectivity index (χ3n) is 5.90. The van der Waals surface area contributed by atoms with Gasteiger partial charge in [0.2, 0.25) is 0 Å². The van der Waals surface area contributed by atoms with Gasteiger partial charge in [0.25, 0.3) is 5.91 Å². The van der Waals surface area contributed by atoms with Crippen LogP contribution in [0.25, 0.3) is 0 Å². The summed E-state index contributed by atoms with van der Waals surface area (Å²) in [5, 5.41) is 12.4. The molecule has 1 saturated carbocycles. The summed E-state index contributed by atoms with van der Waals surface area (Å²) in [4.78, 5) is 13.9. The second-order valence-corrected chi connectivity index (χ2v) is 7.00. The molecule has 0 aromatic heterocycles. The third kappa shape index (κ3) is 2.36. The average molecular weight is 319 g/mol. The summed E-state index contributed by atoms with van der Waals surface area (Å²) in [5.41, 5.74) is 3.58. The Labute approximate surface area is 134 Å². The molecule has 6 heteroatoms. The van der Waals surface area contributed by atoms with Gasteiger partial charge in [-0.1, -0.05) is 0 Å². The van der Waals surface area contributed by atoms with Gasteiger partial charge in [-0.3, -0.25) is 14.9 Å². The summed E-state index contributed by atoms with van der Waals surface area (Å²) in [5.74, 6) is -1.01. The first kappa shape index (κ1) is 15.1. The van der Waals surface area contributed by atoms with E-state index >= 15 is 0 Å². The van der Waals surface area contributed by atoms with Crippen LogP contribution < -0.4 is 10.8 Å². The Hall–Kier alpha value is -1.50. The Kier molecular flexibility index (Phi) is 3.63. The standard InChI is InChI=1S/C17H22FN3O2/c18-14-9-12(16(22)20-23)8-11-3-7-21(10-13(11)14)15-2-5-17(15)4-1-6-19-17/h8-9,15,19,23H,1-7,10H2,(H,20,22)/t15-,17-/m0/s1. The van der Waals surface area contributed by atoms with E-state index in [1.165, 1.54) is 31.7 Å². The van der Waals surface area contributed by atoms with Crippen molar-refractivity contribution in [1.29, 1.82) is 0 Å². The van der Waals surface area contributed by atoms with Crippen LogP contribution in [0.15, 0.2) is 12.1 Å². The normalized spacial score (nSPS) is 30.1. The van der Waals surface area contributed by atoms with Crippen molar-refractivity contribution in [3.8, 4) is 0 Å². The van der Waals surface area contributed by atoms with Crippen molar-refractivity contribution in [2.45, 2.75) is 50.2 Å². The van der Waals surface area contributed by atoms with Gasteiger partial charge in [-0.25, -0.2) is 9.87 Å². The number of fused-ring (bicyclic) bond motifs is 1. The van der Waals surface area contributed by atoms with Crippen LogP contribution in [0.4, 0.5) is 4.39 Å². The number of amides is 1. The zero-order chi connectivity index (χ0) is 16.0. The molecule has 23 heavy (non-hydrogen) atoms. The summed E-state index contributed by atoms with van der Waals surface area (Å²) in [6, 6.07) is 3.42. The highest BCUT2D eigenvalue weighted by Crippen LogP contribution is 2.43. The van der Waals surface area contributed by atoms with Crippen LogP contribution >= 0.6 is 0 Å². The fourth-order valence-corrected chi connectivity index (χ4v) is 4.58. The van der Waals surface area contributed by atoms with Gasteiger partial charge in [0.05, 0.1) is 0 Å². The molecule has 2 fully saturated rings. The monoisotopic (exact) mass is 319 g/mol. The van der Waals surface area contributed by atoms with Crippen LogP contribution in [0.3, 0.4) is 0 Å². The molecule has 3 N–H and O–H groups in total. The third-order valence-corrected chi connectivity index (χ3v) is 5.90. The Bertz CT molecular complexity index is 643. The maximum absolute atomic E-state index is 14.5. The molecular formula is C17H22FN3O2. The fraction of sp³-hybridized carbons (Fsp3) is 0.588. The first-order valence-electron chi connectivity index (χ1n) is 8.38. The van der Waals surface area contributed by atoms with Gasteiger partial charge in [-0.15, -0.1) is 0 Å². The second kappa shape index (κ2) is 5.54. The van der Waals surface area contributed by atoms with E-state index in [0.717, 1.165) is 25.1 Å². The molecule has 5 nitrogen and oxygen atoms in total. The van der Waals surface area contributed by atoms with E-state index in [0.29, 0.717) is 18.2 Å². The van der Waals surface area contributed by atoms with Crippen molar-refractivity contribution in [3.05, 3.63) is 34.6 Å². The molecule has 124 valence electrons. The van der Waals surface area contributed by atoms with Gasteiger partial charge in [-0.05, 0) is 56.3 Å². The summed E-state index contributed by atoms with van der Waals surface area (Å²) < 4.78 is 14.5. The minimum Gasteiger partial charge on any atom is -0.310 e. The van der Waals surface area contributed by atoms with Crippen molar-refractivity contribution in [2.75, 3.05) is 13.1 Å². The molecule has 2 heterocycles. The smallest absolute Gasteiger partial charge is 0.274 e. The number of halogens is 1. The molecule has 3 aliphatic rings. The molecule has 2 aliphatic heterocycles. The number of carbonyl (C=O) groups is 1. The van der Waals surface area contributed by atoms with E-state index < -0.39 is 5.91 Å². The van der Waals surface area contributed by atoms with E-state index in [9.17, 15) is 9.18 Å². The lowest BCUT2D eigenvalue weighted by Gasteiger charge is -2.53. The van der Waals surface area contributed by atoms with Gasteiger partial charge in [-0.2, -0.15) is 0 Å². The number of nitrogens with one attached hydrogen (secondary N) is 2. The maximum Gasteiger partial charge on any atom is 0.274 e. The van der Waals surface area contributed by atoms with Gasteiger partial charge in [0.1, 0.15) is 5.82 Å². The predicted molar refractivity (Wildman–Crippen MR) is 82.8 cm³/mol. The second-order valence-electron chi connectivity index (χ2n) is 7.00. The molecular weight excluding hydrogens is 297 g/mol. The SMILES string of the molecule is O=C(NO)c1cc(F)c2c(c1)CCN([C@H]1CC[C@@]13CCCN3)C2. The molecule has 0 radical (unpaired) electrons. The maximum atomic E-state index is 14.5. The fourth-order valence-electron chi connectivity index (χ4n) is 4.58. The summed E-state index contributed by atoms with van der Waals surface area (Å²) in [6.07, 6.45) is 5.59. The Morgan fingerprint density at radius 3 is 2.96 bits per heavy atom. The van der Waals surface area contributed by atoms with Crippen molar-refractivity contribution >= 4 is 5.91 Å². The molecule has 1 aromatic carbocycles. The highest BCUT2D eigenvalue weighted by molar-refractivity contribution is 5.93. The van der Waals surface area contributed by atoms with Crippen molar-refractivity contribution in [1.82, 2.24) is 15.7 Å². The molecule has 0 unspecified atom stereocenters. The lowest BCUT2D eigenvalue weighted by atomic mass is 9.69. The average Bonchev–Trinajstić information content (AvgIpc) is 3.05. The largest absolute Gasteiger partial charge is 0.310 e. The number of benzene rings is 1. The van der Waals surface area contributed by atoms with E-state index in [1.54, 1.807) is 11.5 Å². The van der Waals surface area contributed by atoms with Crippen LogP contribution in [0, 0.1) is 5.82 Å². The molecule has 1 saturated heterocycles. The van der Waals surface area contributed by atoms with Crippen LogP contribution in [0.2, 0.25) is 0 Å². The van der Waals surface area contributed by atoms with Crippen LogP contribution in [0.5, 0.6) is 0 Å². The zero-order valence-corrected chi connectivity index (χ0v) is 13.1. The zero-order valence-electron chi connectivity index (χ0n) is 13.1. The van der Waals surface area contributed by atoms with Gasteiger partial charge in [0.15, 0.2) is 0 Å². The predicted octanol–water partition coefficient (Wildman–Crippen LogP) is 1.59.